The molecular weight excluding hydrogens is 154 g/mol. The molecule has 4 nitrogen and oxygen atoms in total. The van der Waals surface area contributed by atoms with E-state index in [2.05, 4.69) is 11.1 Å². The molecule has 1 amide bonds. The van der Waals surface area contributed by atoms with Gasteiger partial charge in [-0.1, -0.05) is 0 Å². The fraction of sp³-hybridized carbons (Fsp3) is 0.250. The van der Waals surface area contributed by atoms with Gasteiger partial charge in [0.25, 0.3) is 5.91 Å². The maximum atomic E-state index is 10.7. The number of amides is 1. The van der Waals surface area contributed by atoms with Crippen LogP contribution < -0.4 is 10.6 Å². The van der Waals surface area contributed by atoms with Gasteiger partial charge in [-0.3, -0.25) is 4.79 Å². The van der Waals surface area contributed by atoms with Crippen molar-refractivity contribution >= 4 is 11.7 Å². The second-order valence-corrected chi connectivity index (χ2v) is 2.55. The van der Waals surface area contributed by atoms with Crippen LogP contribution in [0.5, 0.6) is 0 Å². The smallest absolute Gasteiger partial charge is 0.268 e. The van der Waals surface area contributed by atoms with E-state index in [-0.39, 0.29) is 5.69 Å². The summed E-state index contributed by atoms with van der Waals surface area (Å²) in [5.41, 5.74) is 5.20. The molecule has 1 aromatic heterocycles. The van der Waals surface area contributed by atoms with Crippen molar-refractivity contribution < 1.29 is 4.79 Å². The van der Waals surface area contributed by atoms with Gasteiger partial charge in [-0.05, 0) is 12.1 Å². The van der Waals surface area contributed by atoms with Gasteiger partial charge in [0.2, 0.25) is 0 Å². The maximum absolute atomic E-state index is 10.7. The van der Waals surface area contributed by atoms with Crippen LogP contribution in [0.4, 0.5) is 5.82 Å². The number of nitrogens with zero attached hydrogens (tertiary/aromatic N) is 2. The Hall–Kier alpha value is -1.58. The number of carbonyl (C=O) groups excluding carboxylic acids is 1. The molecule has 0 fully saturated rings. The molecule has 0 aromatic carbocycles. The number of nitrogens with two attached hydrogens (primary N) is 1. The Morgan fingerprint density at radius 2 is 2.33 bits per heavy atom. The summed E-state index contributed by atoms with van der Waals surface area (Å²) in [7, 11) is 3.68. The third-order valence-corrected chi connectivity index (χ3v) is 1.37. The summed E-state index contributed by atoms with van der Waals surface area (Å²) in [6.07, 6.45) is 0. The Labute approximate surface area is 71.0 Å². The van der Waals surface area contributed by atoms with Crippen molar-refractivity contribution in [2.75, 3.05) is 19.0 Å². The van der Waals surface area contributed by atoms with E-state index in [1.165, 1.54) is 0 Å². The van der Waals surface area contributed by atoms with E-state index in [0.29, 0.717) is 5.82 Å². The minimum atomic E-state index is -0.557. The van der Waals surface area contributed by atoms with Gasteiger partial charge in [-0.15, -0.1) is 0 Å². The standard InChI is InChI=1S/C8H10N3O/c1-11(2)7-5-3-4-6(10-7)8(9)12/h3,5H,1-2H3,(H2,9,12). The summed E-state index contributed by atoms with van der Waals surface area (Å²) in [4.78, 5) is 16.4. The van der Waals surface area contributed by atoms with Crippen LogP contribution in [-0.2, 0) is 0 Å². The monoisotopic (exact) mass is 164 g/mol. The molecule has 0 saturated carbocycles. The van der Waals surface area contributed by atoms with Gasteiger partial charge in [0.05, 0.1) is 0 Å². The lowest BCUT2D eigenvalue weighted by Gasteiger charge is -2.10. The highest BCUT2D eigenvalue weighted by Gasteiger charge is 2.03. The normalized spacial score (nSPS) is 9.50. The van der Waals surface area contributed by atoms with Crippen molar-refractivity contribution in [1.82, 2.24) is 4.98 Å². The van der Waals surface area contributed by atoms with Crippen LogP contribution in [0, 0.1) is 6.07 Å². The second kappa shape index (κ2) is 3.21. The first-order chi connectivity index (χ1) is 5.61. The van der Waals surface area contributed by atoms with E-state index in [1.807, 2.05) is 14.1 Å². The lowest BCUT2D eigenvalue weighted by atomic mass is 10.3. The van der Waals surface area contributed by atoms with Gasteiger partial charge in [0.15, 0.2) is 0 Å². The van der Waals surface area contributed by atoms with E-state index < -0.39 is 5.91 Å². The molecule has 0 aliphatic heterocycles. The molecule has 63 valence electrons. The zero-order valence-corrected chi connectivity index (χ0v) is 7.03. The predicted molar refractivity (Wildman–Crippen MR) is 45.9 cm³/mol. The highest BCUT2D eigenvalue weighted by Crippen LogP contribution is 2.06. The number of anilines is 1. The molecule has 0 spiro atoms. The topological polar surface area (TPSA) is 59.2 Å². The lowest BCUT2D eigenvalue weighted by molar-refractivity contribution is 0.0995. The van der Waals surface area contributed by atoms with Crippen LogP contribution in [0.1, 0.15) is 10.5 Å². The largest absolute Gasteiger partial charge is 0.364 e. The van der Waals surface area contributed by atoms with Crippen molar-refractivity contribution in [3.05, 3.63) is 23.9 Å². The van der Waals surface area contributed by atoms with Gasteiger partial charge in [0.1, 0.15) is 11.5 Å². The molecule has 1 aromatic rings. The summed E-state index contributed by atoms with van der Waals surface area (Å²) in [6, 6.07) is 6.03. The highest BCUT2D eigenvalue weighted by molar-refractivity contribution is 5.90. The lowest BCUT2D eigenvalue weighted by Crippen LogP contribution is -2.16. The van der Waals surface area contributed by atoms with Crippen LogP contribution in [0.15, 0.2) is 12.1 Å². The zero-order chi connectivity index (χ0) is 9.14. The van der Waals surface area contributed by atoms with E-state index in [0.717, 1.165) is 0 Å². The molecule has 0 aliphatic carbocycles. The van der Waals surface area contributed by atoms with Crippen molar-refractivity contribution in [3.8, 4) is 0 Å². The zero-order valence-electron chi connectivity index (χ0n) is 7.03. The van der Waals surface area contributed by atoms with E-state index in [9.17, 15) is 4.79 Å². The third-order valence-electron chi connectivity index (χ3n) is 1.37. The van der Waals surface area contributed by atoms with Crippen LogP contribution in [0.3, 0.4) is 0 Å². The Kier molecular flexibility index (Phi) is 2.28. The van der Waals surface area contributed by atoms with Gasteiger partial charge >= 0.3 is 0 Å². The van der Waals surface area contributed by atoms with Crippen LogP contribution >= 0.6 is 0 Å². The maximum Gasteiger partial charge on any atom is 0.268 e. The number of rotatable bonds is 2. The first-order valence-corrected chi connectivity index (χ1v) is 3.47. The minimum Gasteiger partial charge on any atom is -0.364 e. The summed E-state index contributed by atoms with van der Waals surface area (Å²) < 4.78 is 0. The molecule has 0 atom stereocenters. The van der Waals surface area contributed by atoms with Crippen LogP contribution in [-0.4, -0.2) is 25.0 Å². The SMILES string of the molecule is CN(C)c1cc[c]c(C(N)=O)n1. The fourth-order valence-corrected chi connectivity index (χ4v) is 0.755. The van der Waals surface area contributed by atoms with Crippen molar-refractivity contribution in [1.29, 1.82) is 0 Å². The number of hydrogen-bond donors (Lipinski definition) is 1. The Balaban J connectivity index is 3.04. The summed E-state index contributed by atoms with van der Waals surface area (Å²) in [5, 5.41) is 0. The van der Waals surface area contributed by atoms with Crippen molar-refractivity contribution in [3.63, 3.8) is 0 Å². The first kappa shape index (κ1) is 8.52. The molecule has 4 heteroatoms. The molecule has 2 N–H and O–H groups in total. The quantitative estimate of drug-likeness (QED) is 0.671. The Morgan fingerprint density at radius 3 is 2.83 bits per heavy atom. The van der Waals surface area contributed by atoms with E-state index in [1.54, 1.807) is 17.0 Å². The van der Waals surface area contributed by atoms with Gasteiger partial charge in [-0.25, -0.2) is 4.98 Å². The van der Waals surface area contributed by atoms with E-state index in [4.69, 9.17) is 5.73 Å². The van der Waals surface area contributed by atoms with Gasteiger partial charge < -0.3 is 10.6 Å². The number of pyridine rings is 1. The van der Waals surface area contributed by atoms with Crippen LogP contribution in [0.2, 0.25) is 0 Å². The average molecular weight is 164 g/mol. The summed E-state index contributed by atoms with van der Waals surface area (Å²) in [6.45, 7) is 0. The fourth-order valence-electron chi connectivity index (χ4n) is 0.755. The predicted octanol–water partition coefficient (Wildman–Crippen LogP) is 0.0467. The highest BCUT2D eigenvalue weighted by atomic mass is 16.1. The van der Waals surface area contributed by atoms with Gasteiger partial charge in [0, 0.05) is 20.2 Å². The molecular formula is C8H10N3O. The first-order valence-electron chi connectivity index (χ1n) is 3.47. The number of primary amides is 1. The number of aromatic nitrogens is 1. The van der Waals surface area contributed by atoms with Gasteiger partial charge in [-0.2, -0.15) is 0 Å². The molecule has 0 aliphatic rings. The average Bonchev–Trinajstić information content (AvgIpc) is 2.04. The molecule has 0 bridgehead atoms. The summed E-state index contributed by atoms with van der Waals surface area (Å²) in [5.74, 6) is 0.140. The Bertz CT molecular complexity index is 296. The van der Waals surface area contributed by atoms with Crippen molar-refractivity contribution in [2.24, 2.45) is 5.73 Å². The van der Waals surface area contributed by atoms with E-state index >= 15 is 0 Å². The van der Waals surface area contributed by atoms with Crippen molar-refractivity contribution in [2.45, 2.75) is 0 Å². The minimum absolute atomic E-state index is 0.168. The molecule has 12 heavy (non-hydrogen) atoms. The molecule has 1 radical (unpaired) electrons. The molecule has 1 heterocycles. The van der Waals surface area contributed by atoms with Crippen LogP contribution in [0.25, 0.3) is 0 Å². The Morgan fingerprint density at radius 1 is 1.67 bits per heavy atom. The second-order valence-electron chi connectivity index (χ2n) is 2.55. The number of carbonyl (C=O) groups is 1. The summed E-state index contributed by atoms with van der Waals surface area (Å²) >= 11 is 0. The molecule has 1 rings (SSSR count). The molecule has 0 saturated heterocycles. The number of hydrogen-bond acceptors (Lipinski definition) is 3. The third kappa shape index (κ3) is 1.72. The molecule has 0 unspecified atom stereocenters.